The summed E-state index contributed by atoms with van der Waals surface area (Å²) in [5.41, 5.74) is 1.94. The van der Waals surface area contributed by atoms with Gasteiger partial charge in [-0.1, -0.05) is 11.6 Å². The van der Waals surface area contributed by atoms with Gasteiger partial charge in [0.2, 0.25) is 0 Å². The number of aliphatic hydroxyl groups is 1. The van der Waals surface area contributed by atoms with E-state index in [-0.39, 0.29) is 6.61 Å². The zero-order valence-corrected chi connectivity index (χ0v) is 8.98. The molecule has 0 saturated heterocycles. The van der Waals surface area contributed by atoms with Gasteiger partial charge < -0.3 is 5.11 Å². The van der Waals surface area contributed by atoms with Crippen LogP contribution in [0.4, 0.5) is 0 Å². The van der Waals surface area contributed by atoms with E-state index in [1.165, 1.54) is 0 Å². The van der Waals surface area contributed by atoms with Crippen LogP contribution in [0.3, 0.4) is 0 Å². The fraction of sp³-hybridized carbons (Fsp3) is 0.250. The maximum atomic E-state index is 8.82. The SMILES string of the molecule is Cc1c(Cl)cc(CO)cc1I. The molecule has 0 aliphatic carbocycles. The van der Waals surface area contributed by atoms with E-state index in [9.17, 15) is 0 Å². The summed E-state index contributed by atoms with van der Waals surface area (Å²) in [6, 6.07) is 3.72. The second-order valence-corrected chi connectivity index (χ2v) is 3.91. The van der Waals surface area contributed by atoms with Crippen molar-refractivity contribution in [3.8, 4) is 0 Å². The fourth-order valence-electron chi connectivity index (χ4n) is 0.789. The van der Waals surface area contributed by atoms with Crippen molar-refractivity contribution in [3.05, 3.63) is 31.9 Å². The summed E-state index contributed by atoms with van der Waals surface area (Å²) in [4.78, 5) is 0. The molecule has 1 aromatic carbocycles. The lowest BCUT2D eigenvalue weighted by Gasteiger charge is -2.03. The summed E-state index contributed by atoms with van der Waals surface area (Å²) in [7, 11) is 0. The lowest BCUT2D eigenvalue weighted by atomic mass is 10.2. The third kappa shape index (κ3) is 2.07. The van der Waals surface area contributed by atoms with Gasteiger partial charge >= 0.3 is 0 Å². The summed E-state index contributed by atoms with van der Waals surface area (Å²) in [6.07, 6.45) is 0. The van der Waals surface area contributed by atoms with Crippen molar-refractivity contribution in [3.63, 3.8) is 0 Å². The Kier molecular flexibility index (Phi) is 3.16. The highest BCUT2D eigenvalue weighted by atomic mass is 127. The van der Waals surface area contributed by atoms with E-state index in [1.54, 1.807) is 6.07 Å². The first-order chi connectivity index (χ1) is 5.15. The second-order valence-electron chi connectivity index (χ2n) is 2.34. The van der Waals surface area contributed by atoms with E-state index in [4.69, 9.17) is 16.7 Å². The first kappa shape index (κ1) is 9.29. The van der Waals surface area contributed by atoms with Gasteiger partial charge in [0.15, 0.2) is 0 Å². The Labute approximate surface area is 84.5 Å². The molecule has 0 spiro atoms. The Bertz CT molecular complexity index is 250. The van der Waals surface area contributed by atoms with Gasteiger partial charge in [-0.25, -0.2) is 0 Å². The van der Waals surface area contributed by atoms with Crippen LogP contribution in [0.15, 0.2) is 12.1 Å². The van der Waals surface area contributed by atoms with Gasteiger partial charge in [0.25, 0.3) is 0 Å². The van der Waals surface area contributed by atoms with E-state index in [0.29, 0.717) is 0 Å². The highest BCUT2D eigenvalue weighted by Crippen LogP contribution is 2.22. The standard InChI is InChI=1S/C8H8ClIO/c1-5-7(9)2-6(4-11)3-8(5)10/h2-3,11H,4H2,1H3. The second kappa shape index (κ2) is 3.74. The third-order valence-electron chi connectivity index (χ3n) is 1.52. The van der Waals surface area contributed by atoms with E-state index in [2.05, 4.69) is 22.6 Å². The maximum Gasteiger partial charge on any atom is 0.0682 e. The minimum absolute atomic E-state index is 0.0516. The Morgan fingerprint density at radius 3 is 2.64 bits per heavy atom. The van der Waals surface area contributed by atoms with Crippen molar-refractivity contribution in [2.24, 2.45) is 0 Å². The van der Waals surface area contributed by atoms with Crippen LogP contribution in [-0.2, 0) is 6.61 Å². The smallest absolute Gasteiger partial charge is 0.0682 e. The number of rotatable bonds is 1. The normalized spacial score (nSPS) is 10.2. The minimum atomic E-state index is 0.0516. The number of benzene rings is 1. The summed E-state index contributed by atoms with van der Waals surface area (Å²) in [5.74, 6) is 0. The molecule has 60 valence electrons. The molecule has 0 saturated carbocycles. The molecule has 0 aliphatic rings. The topological polar surface area (TPSA) is 20.2 Å². The molecule has 0 radical (unpaired) electrons. The Morgan fingerprint density at radius 1 is 1.55 bits per heavy atom. The van der Waals surface area contributed by atoms with Gasteiger partial charge in [-0.3, -0.25) is 0 Å². The lowest BCUT2D eigenvalue weighted by Crippen LogP contribution is -1.88. The average Bonchev–Trinajstić information content (AvgIpc) is 1.99. The molecule has 0 bridgehead atoms. The lowest BCUT2D eigenvalue weighted by molar-refractivity contribution is 0.282. The zero-order valence-electron chi connectivity index (χ0n) is 6.06. The van der Waals surface area contributed by atoms with Gasteiger partial charge in [0.05, 0.1) is 6.61 Å². The van der Waals surface area contributed by atoms with Crippen molar-refractivity contribution in [2.75, 3.05) is 0 Å². The van der Waals surface area contributed by atoms with Crippen LogP contribution in [0.5, 0.6) is 0 Å². The Morgan fingerprint density at radius 2 is 2.18 bits per heavy atom. The molecule has 0 fully saturated rings. The quantitative estimate of drug-likeness (QED) is 0.785. The van der Waals surface area contributed by atoms with E-state index < -0.39 is 0 Å². The van der Waals surface area contributed by atoms with Crippen LogP contribution in [0, 0.1) is 10.5 Å². The first-order valence-corrected chi connectivity index (χ1v) is 4.66. The van der Waals surface area contributed by atoms with Crippen LogP contribution in [0.1, 0.15) is 11.1 Å². The van der Waals surface area contributed by atoms with Crippen molar-refractivity contribution >= 4 is 34.2 Å². The molecule has 1 rings (SSSR count). The van der Waals surface area contributed by atoms with E-state index in [1.807, 2.05) is 13.0 Å². The fourth-order valence-corrected chi connectivity index (χ4v) is 1.88. The molecular weight excluding hydrogens is 274 g/mol. The highest BCUT2D eigenvalue weighted by Gasteiger charge is 2.01. The molecule has 0 unspecified atom stereocenters. The molecule has 0 heterocycles. The van der Waals surface area contributed by atoms with Crippen molar-refractivity contribution in [2.45, 2.75) is 13.5 Å². The van der Waals surface area contributed by atoms with Crippen molar-refractivity contribution in [1.82, 2.24) is 0 Å². The maximum absolute atomic E-state index is 8.82. The summed E-state index contributed by atoms with van der Waals surface area (Å²) in [6.45, 7) is 2.02. The molecule has 0 aliphatic heterocycles. The highest BCUT2D eigenvalue weighted by molar-refractivity contribution is 14.1. The number of hydrogen-bond donors (Lipinski definition) is 1. The average molecular weight is 283 g/mol. The Balaban J connectivity index is 3.21. The van der Waals surface area contributed by atoms with Gasteiger partial charge in [0, 0.05) is 8.59 Å². The van der Waals surface area contributed by atoms with Crippen molar-refractivity contribution < 1.29 is 5.11 Å². The van der Waals surface area contributed by atoms with Crippen LogP contribution in [0.2, 0.25) is 5.02 Å². The molecule has 0 aromatic heterocycles. The predicted octanol–water partition coefficient (Wildman–Crippen LogP) is 2.75. The van der Waals surface area contributed by atoms with E-state index in [0.717, 1.165) is 19.7 Å². The Hall–Kier alpha value is 0.200. The van der Waals surface area contributed by atoms with Gasteiger partial charge in [0.1, 0.15) is 0 Å². The molecule has 0 amide bonds. The monoisotopic (exact) mass is 282 g/mol. The summed E-state index contributed by atoms with van der Waals surface area (Å²) >= 11 is 8.09. The van der Waals surface area contributed by atoms with Crippen LogP contribution < -0.4 is 0 Å². The molecule has 1 N–H and O–H groups in total. The molecular formula is C8H8ClIO. The number of halogens is 2. The van der Waals surface area contributed by atoms with Gasteiger partial charge in [-0.15, -0.1) is 0 Å². The summed E-state index contributed by atoms with van der Waals surface area (Å²) in [5, 5.41) is 9.54. The predicted molar refractivity (Wildman–Crippen MR) is 54.8 cm³/mol. The number of hydrogen-bond acceptors (Lipinski definition) is 1. The molecule has 0 atom stereocenters. The largest absolute Gasteiger partial charge is 0.392 e. The molecule has 1 nitrogen and oxygen atoms in total. The molecule has 3 heteroatoms. The summed E-state index contributed by atoms with van der Waals surface area (Å²) < 4.78 is 1.10. The minimum Gasteiger partial charge on any atom is -0.392 e. The first-order valence-electron chi connectivity index (χ1n) is 3.20. The van der Waals surface area contributed by atoms with Crippen LogP contribution in [-0.4, -0.2) is 5.11 Å². The van der Waals surface area contributed by atoms with Crippen LogP contribution >= 0.6 is 34.2 Å². The molecule has 1 aromatic rings. The third-order valence-corrected chi connectivity index (χ3v) is 3.04. The van der Waals surface area contributed by atoms with E-state index >= 15 is 0 Å². The molecule has 11 heavy (non-hydrogen) atoms. The van der Waals surface area contributed by atoms with Crippen LogP contribution in [0.25, 0.3) is 0 Å². The van der Waals surface area contributed by atoms with Gasteiger partial charge in [-0.05, 0) is 52.8 Å². The number of aliphatic hydroxyl groups excluding tert-OH is 1. The van der Waals surface area contributed by atoms with Gasteiger partial charge in [-0.2, -0.15) is 0 Å². The zero-order chi connectivity index (χ0) is 8.43. The van der Waals surface area contributed by atoms with Crippen molar-refractivity contribution in [1.29, 1.82) is 0 Å².